The number of carboxylic acid groups (broad SMARTS) is 1. The zero-order valence-corrected chi connectivity index (χ0v) is 21.2. The molecule has 1 heterocycles. The SMILES string of the molecule is O=C(O)CCCCCCC(=NOCc1ccc(OCc2noc(-c3ccccc3)n2)cc1)c1ccccc1. The molecule has 4 rings (SSSR count). The first-order chi connectivity index (χ1) is 18.7. The molecule has 0 atom stereocenters. The van der Waals surface area contributed by atoms with Crippen molar-refractivity contribution in [3.05, 3.63) is 102 Å². The maximum absolute atomic E-state index is 10.7. The number of oxime groups is 1. The quantitative estimate of drug-likeness (QED) is 0.108. The Labute approximate surface area is 221 Å². The van der Waals surface area contributed by atoms with Crippen LogP contribution >= 0.6 is 0 Å². The lowest BCUT2D eigenvalue weighted by molar-refractivity contribution is -0.137. The monoisotopic (exact) mass is 513 g/mol. The minimum atomic E-state index is -0.742. The second-order valence-electron chi connectivity index (χ2n) is 8.80. The molecule has 8 heteroatoms. The van der Waals surface area contributed by atoms with E-state index in [1.807, 2.05) is 84.9 Å². The van der Waals surface area contributed by atoms with Crippen molar-refractivity contribution in [2.24, 2.45) is 5.16 Å². The molecule has 0 spiro atoms. The number of unbranched alkanes of at least 4 members (excludes halogenated alkanes) is 3. The summed E-state index contributed by atoms with van der Waals surface area (Å²) in [5, 5.41) is 17.2. The van der Waals surface area contributed by atoms with E-state index in [4.69, 9.17) is 19.2 Å². The molecule has 0 unspecified atom stereocenters. The smallest absolute Gasteiger partial charge is 0.303 e. The van der Waals surface area contributed by atoms with Gasteiger partial charge in [0.15, 0.2) is 6.61 Å². The van der Waals surface area contributed by atoms with E-state index in [0.29, 0.717) is 30.5 Å². The van der Waals surface area contributed by atoms with Crippen LogP contribution in [0.3, 0.4) is 0 Å². The molecule has 38 heavy (non-hydrogen) atoms. The van der Waals surface area contributed by atoms with Crippen LogP contribution in [0.15, 0.2) is 94.6 Å². The molecule has 1 N–H and O–H groups in total. The van der Waals surface area contributed by atoms with Gasteiger partial charge in [-0.1, -0.05) is 83.8 Å². The number of hydrogen-bond acceptors (Lipinski definition) is 7. The van der Waals surface area contributed by atoms with Gasteiger partial charge in [0.2, 0.25) is 5.82 Å². The first-order valence-corrected chi connectivity index (χ1v) is 12.7. The minimum Gasteiger partial charge on any atom is -0.485 e. The van der Waals surface area contributed by atoms with Gasteiger partial charge in [0.25, 0.3) is 5.89 Å². The summed E-state index contributed by atoms with van der Waals surface area (Å²) in [5.74, 6) is 0.886. The topological polar surface area (TPSA) is 107 Å². The number of carbonyl (C=O) groups is 1. The fourth-order valence-electron chi connectivity index (χ4n) is 3.82. The number of rotatable bonds is 15. The van der Waals surface area contributed by atoms with Gasteiger partial charge in [-0.15, -0.1) is 0 Å². The average molecular weight is 514 g/mol. The summed E-state index contributed by atoms with van der Waals surface area (Å²) < 4.78 is 11.1. The fraction of sp³-hybridized carbons (Fsp3) is 0.267. The first kappa shape index (κ1) is 26.6. The second-order valence-corrected chi connectivity index (χ2v) is 8.80. The molecule has 0 bridgehead atoms. The maximum atomic E-state index is 10.7. The summed E-state index contributed by atoms with van der Waals surface area (Å²) in [6.07, 6.45) is 4.47. The summed E-state index contributed by atoms with van der Waals surface area (Å²) >= 11 is 0. The van der Waals surface area contributed by atoms with Crippen LogP contribution in [-0.2, 0) is 22.8 Å². The molecular weight excluding hydrogens is 482 g/mol. The van der Waals surface area contributed by atoms with Crippen molar-refractivity contribution in [1.29, 1.82) is 0 Å². The number of nitrogens with zero attached hydrogens (tertiary/aromatic N) is 3. The zero-order valence-electron chi connectivity index (χ0n) is 21.2. The highest BCUT2D eigenvalue weighted by Crippen LogP contribution is 2.18. The van der Waals surface area contributed by atoms with Crippen molar-refractivity contribution in [2.45, 2.75) is 51.7 Å². The molecule has 0 aliphatic rings. The summed E-state index contributed by atoms with van der Waals surface area (Å²) in [6.45, 7) is 0.535. The van der Waals surface area contributed by atoms with Crippen molar-refractivity contribution < 1.29 is 24.0 Å². The van der Waals surface area contributed by atoms with Gasteiger partial charge < -0.3 is 19.2 Å². The number of ether oxygens (including phenoxy) is 1. The lowest BCUT2D eigenvalue weighted by atomic mass is 10.0. The molecule has 0 amide bonds. The van der Waals surface area contributed by atoms with E-state index in [1.54, 1.807) is 0 Å². The van der Waals surface area contributed by atoms with Crippen molar-refractivity contribution >= 4 is 11.7 Å². The Morgan fingerprint density at radius 3 is 2.21 bits per heavy atom. The number of aliphatic carboxylic acids is 1. The van der Waals surface area contributed by atoms with Crippen LogP contribution in [0.5, 0.6) is 5.75 Å². The third-order valence-electron chi connectivity index (χ3n) is 5.85. The van der Waals surface area contributed by atoms with E-state index >= 15 is 0 Å². The van der Waals surface area contributed by atoms with Crippen LogP contribution in [0, 0.1) is 0 Å². The van der Waals surface area contributed by atoms with Crippen LogP contribution in [0.1, 0.15) is 55.5 Å². The summed E-state index contributed by atoms with van der Waals surface area (Å²) in [5.41, 5.74) is 3.75. The van der Waals surface area contributed by atoms with Gasteiger partial charge in [0.1, 0.15) is 12.4 Å². The third kappa shape index (κ3) is 8.58. The van der Waals surface area contributed by atoms with Gasteiger partial charge in [-0.3, -0.25) is 4.79 Å². The molecule has 8 nitrogen and oxygen atoms in total. The molecule has 0 saturated heterocycles. The summed E-state index contributed by atoms with van der Waals surface area (Å²) in [7, 11) is 0. The van der Waals surface area contributed by atoms with E-state index in [0.717, 1.165) is 48.1 Å². The van der Waals surface area contributed by atoms with Gasteiger partial charge in [-0.25, -0.2) is 0 Å². The van der Waals surface area contributed by atoms with Crippen LogP contribution in [0.4, 0.5) is 0 Å². The Balaban J connectivity index is 1.25. The average Bonchev–Trinajstić information content (AvgIpc) is 3.43. The molecule has 4 aromatic rings. The van der Waals surface area contributed by atoms with Crippen LogP contribution in [0.2, 0.25) is 0 Å². The summed E-state index contributed by atoms with van der Waals surface area (Å²) in [4.78, 5) is 20.7. The highest BCUT2D eigenvalue weighted by Gasteiger charge is 2.09. The van der Waals surface area contributed by atoms with Gasteiger partial charge in [0.05, 0.1) is 5.71 Å². The number of carboxylic acids is 1. The highest BCUT2D eigenvalue weighted by atomic mass is 16.6. The fourth-order valence-corrected chi connectivity index (χ4v) is 3.82. The molecule has 1 aromatic heterocycles. The van der Waals surface area contributed by atoms with Gasteiger partial charge in [-0.05, 0) is 54.7 Å². The Hall–Kier alpha value is -4.46. The van der Waals surface area contributed by atoms with Crippen molar-refractivity contribution in [2.75, 3.05) is 0 Å². The van der Waals surface area contributed by atoms with Gasteiger partial charge in [-0.2, -0.15) is 4.98 Å². The lowest BCUT2D eigenvalue weighted by Gasteiger charge is -2.08. The Bertz CT molecular complexity index is 1290. The van der Waals surface area contributed by atoms with Gasteiger partial charge in [0, 0.05) is 12.0 Å². The second kappa shape index (κ2) is 14.3. The third-order valence-corrected chi connectivity index (χ3v) is 5.85. The van der Waals surface area contributed by atoms with Gasteiger partial charge >= 0.3 is 5.97 Å². The Kier molecular flexibility index (Phi) is 10.0. The predicted octanol–water partition coefficient (Wildman–Crippen LogP) is 6.66. The Morgan fingerprint density at radius 2 is 1.50 bits per heavy atom. The molecular formula is C30H31N3O5. The molecule has 0 saturated carbocycles. The maximum Gasteiger partial charge on any atom is 0.303 e. The molecule has 0 aliphatic heterocycles. The van der Waals surface area contributed by atoms with Crippen LogP contribution in [-0.4, -0.2) is 26.9 Å². The zero-order chi connectivity index (χ0) is 26.4. The number of aromatic nitrogens is 2. The normalized spacial score (nSPS) is 11.3. The van der Waals surface area contributed by atoms with E-state index in [2.05, 4.69) is 15.3 Å². The van der Waals surface area contributed by atoms with E-state index in [9.17, 15) is 4.79 Å². The largest absolute Gasteiger partial charge is 0.485 e. The molecule has 0 aliphatic carbocycles. The van der Waals surface area contributed by atoms with E-state index in [1.165, 1.54) is 0 Å². The lowest BCUT2D eigenvalue weighted by Crippen LogP contribution is -2.03. The molecule has 0 radical (unpaired) electrons. The minimum absolute atomic E-state index is 0.202. The molecule has 0 fully saturated rings. The van der Waals surface area contributed by atoms with Crippen LogP contribution in [0.25, 0.3) is 11.5 Å². The van der Waals surface area contributed by atoms with E-state index < -0.39 is 5.97 Å². The standard InChI is InChI=1S/C30H31N3O5/c34-29(35)16-10-2-1-9-15-27(24-11-5-3-6-12-24)32-37-21-23-17-19-26(20-18-23)36-22-28-31-30(38-33-28)25-13-7-4-8-14-25/h3-8,11-14,17-20H,1-2,9-10,15-16,21-22H2,(H,34,35). The van der Waals surface area contributed by atoms with E-state index in [-0.39, 0.29) is 13.0 Å². The van der Waals surface area contributed by atoms with Crippen LogP contribution < -0.4 is 4.74 Å². The summed E-state index contributed by atoms with van der Waals surface area (Å²) in [6, 6.07) is 27.2. The number of benzene rings is 3. The van der Waals surface area contributed by atoms with Crippen molar-refractivity contribution in [1.82, 2.24) is 10.1 Å². The first-order valence-electron chi connectivity index (χ1n) is 12.7. The molecule has 3 aromatic carbocycles. The van der Waals surface area contributed by atoms with Crippen molar-refractivity contribution in [3.8, 4) is 17.2 Å². The predicted molar refractivity (Wildman–Crippen MR) is 144 cm³/mol. The highest BCUT2D eigenvalue weighted by molar-refractivity contribution is 6.00. The molecule has 196 valence electrons. The number of hydrogen-bond donors (Lipinski definition) is 1. The Morgan fingerprint density at radius 1 is 0.816 bits per heavy atom. The van der Waals surface area contributed by atoms with Crippen molar-refractivity contribution in [3.63, 3.8) is 0 Å².